The van der Waals surface area contributed by atoms with E-state index >= 15 is 0 Å². The topological polar surface area (TPSA) is 90.3 Å². The molecule has 0 radical (unpaired) electrons. The van der Waals surface area contributed by atoms with Gasteiger partial charge in [0.2, 0.25) is 0 Å². The van der Waals surface area contributed by atoms with Crippen LogP contribution in [0.2, 0.25) is 0 Å². The quantitative estimate of drug-likeness (QED) is 0.567. The highest BCUT2D eigenvalue weighted by Gasteiger charge is 2.46. The molecule has 2 fully saturated rings. The molecule has 1 aromatic carbocycles. The number of ether oxygens (including phenoxy) is 1. The van der Waals surface area contributed by atoms with E-state index in [1.54, 1.807) is 12.1 Å². The molecule has 36 heavy (non-hydrogen) atoms. The normalized spacial score (nSPS) is 20.2. The molecule has 2 heterocycles. The number of nitrogens with zero attached hydrogens (tertiary/aromatic N) is 2. The Bertz CT molecular complexity index is 815. The van der Waals surface area contributed by atoms with Crippen molar-refractivity contribution in [2.45, 2.75) is 31.7 Å². The lowest BCUT2D eigenvalue weighted by atomic mass is 9.71. The minimum absolute atomic E-state index is 0.155. The summed E-state index contributed by atoms with van der Waals surface area (Å²) in [6.07, 6.45) is -7.68. The third-order valence-electron chi connectivity index (χ3n) is 6.01. The zero-order valence-electron chi connectivity index (χ0n) is 19.7. The van der Waals surface area contributed by atoms with E-state index in [1.807, 2.05) is 19.2 Å². The Labute approximate surface area is 203 Å². The summed E-state index contributed by atoms with van der Waals surface area (Å²) >= 11 is 0. The van der Waals surface area contributed by atoms with Gasteiger partial charge in [0.25, 0.3) is 0 Å². The lowest BCUT2D eigenvalue weighted by Crippen LogP contribution is -2.44. The highest BCUT2D eigenvalue weighted by molar-refractivity contribution is 5.73. The second-order valence-electron chi connectivity index (χ2n) is 8.72. The van der Waals surface area contributed by atoms with Crippen LogP contribution in [0.25, 0.3) is 0 Å². The molecule has 1 atom stereocenters. The van der Waals surface area contributed by atoms with Gasteiger partial charge in [0, 0.05) is 32.7 Å². The average molecular weight is 534 g/mol. The monoisotopic (exact) mass is 534 g/mol. The van der Waals surface area contributed by atoms with E-state index in [1.165, 1.54) is 24.9 Å². The van der Waals surface area contributed by atoms with E-state index in [-0.39, 0.29) is 5.82 Å². The van der Waals surface area contributed by atoms with Crippen molar-refractivity contribution >= 4 is 11.9 Å². The Morgan fingerprint density at radius 2 is 1.44 bits per heavy atom. The van der Waals surface area contributed by atoms with Gasteiger partial charge in [0.05, 0.1) is 6.61 Å². The lowest BCUT2D eigenvalue weighted by molar-refractivity contribution is -0.193. The Balaban J connectivity index is 0.000000383. The van der Waals surface area contributed by atoms with Gasteiger partial charge in [-0.15, -0.1) is 0 Å². The number of carboxylic acid groups (broad SMARTS) is 2. The SMILES string of the molecule is COCC1CN(C)CC12CCN(Cc1ccc(F)cc1)CC2.O=C(O)C(F)(F)F.O=C(O)C(F)(F)F. The summed E-state index contributed by atoms with van der Waals surface area (Å²) in [7, 11) is 4.04. The van der Waals surface area contributed by atoms with Crippen LogP contribution in [-0.4, -0.2) is 91.2 Å². The Hall–Kier alpha value is -2.45. The molecule has 2 aliphatic rings. The van der Waals surface area contributed by atoms with E-state index in [2.05, 4.69) is 16.8 Å². The first-order valence-corrected chi connectivity index (χ1v) is 10.7. The molecule has 2 aliphatic heterocycles. The van der Waals surface area contributed by atoms with Gasteiger partial charge in [-0.1, -0.05) is 12.1 Å². The third-order valence-corrected chi connectivity index (χ3v) is 6.01. The molecule has 0 saturated carbocycles. The maximum Gasteiger partial charge on any atom is 0.490 e. The number of alkyl halides is 6. The van der Waals surface area contributed by atoms with Crippen molar-refractivity contribution in [3.8, 4) is 0 Å². The molecule has 206 valence electrons. The average Bonchev–Trinajstić information content (AvgIpc) is 3.05. The fraction of sp³-hybridized carbons (Fsp3) is 0.636. The number of methoxy groups -OCH3 is 1. The molecule has 2 saturated heterocycles. The molecular formula is C22H29F7N2O5. The summed E-state index contributed by atoms with van der Waals surface area (Å²) in [5.41, 5.74) is 1.64. The number of halogens is 7. The van der Waals surface area contributed by atoms with Gasteiger partial charge in [-0.25, -0.2) is 14.0 Å². The molecule has 0 bridgehead atoms. The van der Waals surface area contributed by atoms with Gasteiger partial charge in [0.15, 0.2) is 0 Å². The predicted molar refractivity (Wildman–Crippen MR) is 114 cm³/mol. The van der Waals surface area contributed by atoms with Crippen molar-refractivity contribution in [3.05, 3.63) is 35.6 Å². The summed E-state index contributed by atoms with van der Waals surface area (Å²) in [6, 6.07) is 6.91. The summed E-state index contributed by atoms with van der Waals surface area (Å²) < 4.78 is 81.9. The van der Waals surface area contributed by atoms with Crippen LogP contribution >= 0.6 is 0 Å². The van der Waals surface area contributed by atoms with Gasteiger partial charge in [-0.05, 0) is 56.1 Å². The molecule has 0 aliphatic carbocycles. The van der Waals surface area contributed by atoms with Crippen molar-refractivity contribution < 1.29 is 55.3 Å². The first-order valence-electron chi connectivity index (χ1n) is 10.7. The maximum atomic E-state index is 13.0. The van der Waals surface area contributed by atoms with Crippen LogP contribution in [0.1, 0.15) is 18.4 Å². The molecule has 3 rings (SSSR count). The second-order valence-corrected chi connectivity index (χ2v) is 8.72. The first kappa shape index (κ1) is 31.6. The number of hydrogen-bond donors (Lipinski definition) is 2. The lowest BCUT2D eigenvalue weighted by Gasteiger charge is -2.42. The van der Waals surface area contributed by atoms with Gasteiger partial charge in [-0.3, -0.25) is 4.90 Å². The predicted octanol–water partition coefficient (Wildman–Crippen LogP) is 3.88. The van der Waals surface area contributed by atoms with Crippen LogP contribution in [0.5, 0.6) is 0 Å². The Morgan fingerprint density at radius 1 is 1.00 bits per heavy atom. The molecule has 1 aromatic rings. The summed E-state index contributed by atoms with van der Waals surface area (Å²) in [4.78, 5) is 22.7. The molecular weight excluding hydrogens is 505 g/mol. The molecule has 2 N–H and O–H groups in total. The van der Waals surface area contributed by atoms with Crippen LogP contribution in [-0.2, 0) is 20.9 Å². The molecule has 0 amide bonds. The van der Waals surface area contributed by atoms with Crippen molar-refractivity contribution in [2.75, 3.05) is 46.9 Å². The number of carbonyl (C=O) groups is 2. The number of likely N-dealkylation sites (tertiary alicyclic amines) is 2. The first-order chi connectivity index (χ1) is 16.5. The van der Waals surface area contributed by atoms with Crippen molar-refractivity contribution in [2.24, 2.45) is 11.3 Å². The standard InChI is InChI=1S/C18H27FN2O.2C2HF3O2/c1-20-12-16(13-22-2)18(14-20)7-9-21(10-8-18)11-15-3-5-17(19)6-4-15;2*3-2(4,5)1(6)7/h3-6,16H,7-14H2,1-2H3;2*(H,6,7). The van der Waals surface area contributed by atoms with Crippen molar-refractivity contribution in [1.82, 2.24) is 9.80 Å². The molecule has 0 aromatic heterocycles. The molecule has 7 nitrogen and oxygen atoms in total. The number of aliphatic carboxylic acids is 2. The van der Waals surface area contributed by atoms with E-state index in [0.717, 1.165) is 32.8 Å². The van der Waals surface area contributed by atoms with Crippen LogP contribution in [0.4, 0.5) is 30.7 Å². The Morgan fingerprint density at radius 3 is 1.83 bits per heavy atom. The van der Waals surface area contributed by atoms with Crippen LogP contribution in [0.15, 0.2) is 24.3 Å². The summed E-state index contributed by atoms with van der Waals surface area (Å²) in [5, 5.41) is 14.2. The van der Waals surface area contributed by atoms with Gasteiger partial charge in [0.1, 0.15) is 5.82 Å². The van der Waals surface area contributed by atoms with E-state index < -0.39 is 24.3 Å². The maximum absolute atomic E-state index is 13.0. The second kappa shape index (κ2) is 13.2. The van der Waals surface area contributed by atoms with Crippen LogP contribution < -0.4 is 0 Å². The fourth-order valence-corrected chi connectivity index (χ4v) is 4.30. The summed E-state index contributed by atoms with van der Waals surface area (Å²) in [5.74, 6) is -5.01. The highest BCUT2D eigenvalue weighted by Crippen LogP contribution is 2.44. The van der Waals surface area contributed by atoms with E-state index in [0.29, 0.717) is 11.3 Å². The molecule has 1 unspecified atom stereocenters. The van der Waals surface area contributed by atoms with Crippen molar-refractivity contribution in [1.29, 1.82) is 0 Å². The Kier molecular flexibility index (Phi) is 11.6. The van der Waals surface area contributed by atoms with Gasteiger partial charge >= 0.3 is 24.3 Å². The van der Waals surface area contributed by atoms with E-state index in [4.69, 9.17) is 24.5 Å². The highest BCUT2D eigenvalue weighted by atomic mass is 19.4. The number of rotatable bonds is 4. The largest absolute Gasteiger partial charge is 0.490 e. The van der Waals surface area contributed by atoms with Crippen LogP contribution in [0.3, 0.4) is 0 Å². The number of benzene rings is 1. The zero-order chi connectivity index (χ0) is 27.7. The number of hydrogen-bond acceptors (Lipinski definition) is 5. The van der Waals surface area contributed by atoms with E-state index in [9.17, 15) is 30.7 Å². The number of piperidine rings is 1. The smallest absolute Gasteiger partial charge is 0.475 e. The molecule has 1 spiro atoms. The van der Waals surface area contributed by atoms with Gasteiger partial charge in [-0.2, -0.15) is 26.3 Å². The number of carboxylic acids is 2. The minimum Gasteiger partial charge on any atom is -0.475 e. The zero-order valence-corrected chi connectivity index (χ0v) is 19.7. The fourth-order valence-electron chi connectivity index (χ4n) is 4.30. The van der Waals surface area contributed by atoms with Crippen molar-refractivity contribution in [3.63, 3.8) is 0 Å². The molecule has 14 heteroatoms. The van der Waals surface area contributed by atoms with Crippen LogP contribution in [0, 0.1) is 17.2 Å². The van der Waals surface area contributed by atoms with Gasteiger partial charge < -0.3 is 19.8 Å². The third kappa shape index (κ3) is 10.3. The minimum atomic E-state index is -5.08. The summed E-state index contributed by atoms with van der Waals surface area (Å²) in [6.45, 7) is 6.43.